The highest BCUT2D eigenvalue weighted by Gasteiger charge is 2.14. The number of rotatable bonds is 9. The molecule has 0 bridgehead atoms. The van der Waals surface area contributed by atoms with E-state index in [4.69, 9.17) is 9.47 Å². The van der Waals surface area contributed by atoms with Crippen LogP contribution in [0.3, 0.4) is 0 Å². The number of hydrogen-bond donors (Lipinski definition) is 1. The Bertz CT molecular complexity index is 398. The van der Waals surface area contributed by atoms with E-state index in [1.807, 2.05) is 17.8 Å². The van der Waals surface area contributed by atoms with Gasteiger partial charge in [0.25, 0.3) is 0 Å². The monoisotopic (exact) mass is 297 g/mol. The van der Waals surface area contributed by atoms with E-state index in [0.717, 1.165) is 17.9 Å². The zero-order valence-corrected chi connectivity index (χ0v) is 14.0. The van der Waals surface area contributed by atoms with E-state index < -0.39 is 0 Å². The number of ether oxygens (including phenoxy) is 2. The maximum absolute atomic E-state index is 5.39. The molecule has 0 aliphatic rings. The Labute approximate surface area is 127 Å². The lowest BCUT2D eigenvalue weighted by Gasteiger charge is -2.23. The van der Waals surface area contributed by atoms with Crippen molar-refractivity contribution >= 4 is 11.8 Å². The summed E-state index contributed by atoms with van der Waals surface area (Å²) in [6.45, 7) is 4.45. The first-order valence-corrected chi connectivity index (χ1v) is 8.52. The molecule has 114 valence electrons. The third-order valence-corrected chi connectivity index (χ3v) is 4.10. The van der Waals surface area contributed by atoms with Crippen molar-refractivity contribution in [2.45, 2.75) is 38.8 Å². The smallest absolute Gasteiger partial charge is 0.161 e. The summed E-state index contributed by atoms with van der Waals surface area (Å²) in [5.74, 6) is 2.76. The van der Waals surface area contributed by atoms with Gasteiger partial charge in [-0.3, -0.25) is 0 Å². The summed E-state index contributed by atoms with van der Waals surface area (Å²) in [4.78, 5) is 0. The summed E-state index contributed by atoms with van der Waals surface area (Å²) in [6.07, 6.45) is 4.39. The average molecular weight is 297 g/mol. The fourth-order valence-corrected chi connectivity index (χ4v) is 2.83. The van der Waals surface area contributed by atoms with Crippen LogP contribution in [0.4, 0.5) is 0 Å². The summed E-state index contributed by atoms with van der Waals surface area (Å²) >= 11 is 1.89. The van der Waals surface area contributed by atoms with Crippen molar-refractivity contribution in [3.8, 4) is 11.5 Å². The van der Waals surface area contributed by atoms with Gasteiger partial charge < -0.3 is 14.8 Å². The van der Waals surface area contributed by atoms with Gasteiger partial charge in [0.2, 0.25) is 0 Å². The minimum atomic E-state index is 0.353. The SMILES string of the molecule is CCC(NC(C)CCSC)c1ccc(OC)c(OC)c1. The van der Waals surface area contributed by atoms with Crippen LogP contribution in [0, 0.1) is 0 Å². The van der Waals surface area contributed by atoms with E-state index in [0.29, 0.717) is 12.1 Å². The highest BCUT2D eigenvalue weighted by Crippen LogP contribution is 2.31. The van der Waals surface area contributed by atoms with Crippen LogP contribution in [0.5, 0.6) is 11.5 Å². The normalized spacial score (nSPS) is 13.8. The standard InChI is InChI=1S/C16H27NO2S/c1-6-14(17-12(2)9-10-20-5)13-7-8-15(18-3)16(11-13)19-4/h7-8,11-12,14,17H,6,9-10H2,1-5H3. The minimum absolute atomic E-state index is 0.353. The Morgan fingerprint density at radius 3 is 2.45 bits per heavy atom. The first-order chi connectivity index (χ1) is 9.65. The van der Waals surface area contributed by atoms with Crippen LogP contribution in [-0.2, 0) is 0 Å². The molecule has 0 fully saturated rings. The second kappa shape index (κ2) is 9.14. The zero-order valence-electron chi connectivity index (χ0n) is 13.2. The van der Waals surface area contributed by atoms with E-state index in [9.17, 15) is 0 Å². The maximum atomic E-state index is 5.39. The molecule has 0 saturated heterocycles. The van der Waals surface area contributed by atoms with Crippen LogP contribution >= 0.6 is 11.8 Å². The second-order valence-corrected chi connectivity index (χ2v) is 5.91. The van der Waals surface area contributed by atoms with Gasteiger partial charge in [-0.1, -0.05) is 13.0 Å². The molecule has 0 spiro atoms. The molecule has 0 aromatic heterocycles. The second-order valence-electron chi connectivity index (χ2n) is 4.92. The molecule has 1 aromatic carbocycles. The molecule has 0 radical (unpaired) electrons. The van der Waals surface area contributed by atoms with Gasteiger partial charge in [0.1, 0.15) is 0 Å². The van der Waals surface area contributed by atoms with E-state index in [1.54, 1.807) is 14.2 Å². The average Bonchev–Trinajstić information content (AvgIpc) is 2.49. The van der Waals surface area contributed by atoms with E-state index in [2.05, 4.69) is 37.6 Å². The summed E-state index contributed by atoms with van der Waals surface area (Å²) in [7, 11) is 3.34. The van der Waals surface area contributed by atoms with Crippen molar-refractivity contribution in [2.24, 2.45) is 0 Å². The van der Waals surface area contributed by atoms with E-state index in [1.165, 1.54) is 17.7 Å². The lowest BCUT2D eigenvalue weighted by Crippen LogP contribution is -2.30. The van der Waals surface area contributed by atoms with Crippen LogP contribution in [0.15, 0.2) is 18.2 Å². The molecular weight excluding hydrogens is 270 g/mol. The summed E-state index contributed by atoms with van der Waals surface area (Å²) in [6, 6.07) is 7.03. The maximum Gasteiger partial charge on any atom is 0.161 e. The van der Waals surface area contributed by atoms with Gasteiger partial charge >= 0.3 is 0 Å². The minimum Gasteiger partial charge on any atom is -0.493 e. The number of benzene rings is 1. The Morgan fingerprint density at radius 1 is 1.20 bits per heavy atom. The van der Waals surface area contributed by atoms with Crippen LogP contribution in [0.25, 0.3) is 0 Å². The van der Waals surface area contributed by atoms with Crippen LogP contribution in [0.2, 0.25) is 0 Å². The molecule has 0 aliphatic carbocycles. The zero-order chi connectivity index (χ0) is 15.0. The van der Waals surface area contributed by atoms with Crippen molar-refractivity contribution < 1.29 is 9.47 Å². The van der Waals surface area contributed by atoms with Gasteiger partial charge in [-0.25, -0.2) is 0 Å². The van der Waals surface area contributed by atoms with Gasteiger partial charge in [0.05, 0.1) is 14.2 Å². The molecule has 2 unspecified atom stereocenters. The number of nitrogens with one attached hydrogen (secondary N) is 1. The van der Waals surface area contributed by atoms with E-state index >= 15 is 0 Å². The topological polar surface area (TPSA) is 30.5 Å². The van der Waals surface area contributed by atoms with Gasteiger partial charge in [-0.2, -0.15) is 11.8 Å². The number of hydrogen-bond acceptors (Lipinski definition) is 4. The van der Waals surface area contributed by atoms with Crippen LogP contribution < -0.4 is 14.8 Å². The molecule has 1 aromatic rings. The van der Waals surface area contributed by atoms with Crippen LogP contribution in [0.1, 0.15) is 38.3 Å². The molecule has 3 nitrogen and oxygen atoms in total. The summed E-state index contributed by atoms with van der Waals surface area (Å²) in [5, 5.41) is 3.70. The highest BCUT2D eigenvalue weighted by atomic mass is 32.2. The fraction of sp³-hybridized carbons (Fsp3) is 0.625. The first-order valence-electron chi connectivity index (χ1n) is 7.13. The largest absolute Gasteiger partial charge is 0.493 e. The van der Waals surface area contributed by atoms with Crippen molar-refractivity contribution in [3.05, 3.63) is 23.8 Å². The predicted octanol–water partition coefficient (Wildman–Crippen LogP) is 3.89. The Hall–Kier alpha value is -0.870. The predicted molar refractivity (Wildman–Crippen MR) is 88.2 cm³/mol. The number of thioether (sulfide) groups is 1. The van der Waals surface area contributed by atoms with Gasteiger partial charge in [-0.15, -0.1) is 0 Å². The van der Waals surface area contributed by atoms with Gasteiger partial charge in [0.15, 0.2) is 11.5 Å². The third-order valence-electron chi connectivity index (χ3n) is 3.46. The molecule has 1 N–H and O–H groups in total. The molecule has 2 atom stereocenters. The molecule has 0 saturated carbocycles. The Balaban J connectivity index is 2.78. The molecule has 20 heavy (non-hydrogen) atoms. The first kappa shape index (κ1) is 17.2. The molecule has 0 heterocycles. The molecule has 4 heteroatoms. The van der Waals surface area contributed by atoms with Gasteiger partial charge in [0, 0.05) is 12.1 Å². The van der Waals surface area contributed by atoms with Crippen molar-refractivity contribution in [2.75, 3.05) is 26.2 Å². The molecule has 0 aliphatic heterocycles. The van der Waals surface area contributed by atoms with E-state index in [-0.39, 0.29) is 0 Å². The summed E-state index contributed by atoms with van der Waals surface area (Å²) < 4.78 is 10.7. The molecule has 0 amide bonds. The molecular formula is C16H27NO2S. The molecule has 1 rings (SSSR count). The quantitative estimate of drug-likeness (QED) is 0.749. The highest BCUT2D eigenvalue weighted by molar-refractivity contribution is 7.98. The fourth-order valence-electron chi connectivity index (χ4n) is 2.24. The number of methoxy groups -OCH3 is 2. The lowest BCUT2D eigenvalue weighted by atomic mass is 10.0. The summed E-state index contributed by atoms with van der Waals surface area (Å²) in [5.41, 5.74) is 1.25. The van der Waals surface area contributed by atoms with Crippen molar-refractivity contribution in [1.29, 1.82) is 0 Å². The lowest BCUT2D eigenvalue weighted by molar-refractivity contribution is 0.353. The van der Waals surface area contributed by atoms with Crippen molar-refractivity contribution in [3.63, 3.8) is 0 Å². The van der Waals surface area contributed by atoms with Crippen LogP contribution in [-0.4, -0.2) is 32.3 Å². The third kappa shape index (κ3) is 4.91. The Kier molecular flexibility index (Phi) is 7.85. The Morgan fingerprint density at radius 2 is 1.90 bits per heavy atom. The van der Waals surface area contributed by atoms with Crippen molar-refractivity contribution in [1.82, 2.24) is 5.32 Å². The van der Waals surface area contributed by atoms with Gasteiger partial charge in [-0.05, 0) is 49.5 Å².